The van der Waals surface area contributed by atoms with E-state index in [1.54, 1.807) is 19.9 Å². The van der Waals surface area contributed by atoms with Gasteiger partial charge in [0.25, 0.3) is 0 Å². The Labute approximate surface area is 213 Å². The highest BCUT2D eigenvalue weighted by atomic mass is 16.3. The normalized spacial score (nSPS) is 51.4. The summed E-state index contributed by atoms with van der Waals surface area (Å²) < 4.78 is 0. The van der Waals surface area contributed by atoms with Crippen LogP contribution in [-0.4, -0.2) is 55.0 Å². The molecule has 0 spiro atoms. The zero-order valence-corrected chi connectivity index (χ0v) is 23.4. The highest BCUT2D eigenvalue weighted by Gasteiger charge is 2.72. The zero-order valence-electron chi connectivity index (χ0n) is 23.4. The molecule has 4 aliphatic rings. The zero-order chi connectivity index (χ0) is 26.4. The molecule has 4 fully saturated rings. The van der Waals surface area contributed by atoms with Crippen molar-refractivity contribution in [3.05, 3.63) is 12.2 Å². The molecular formula is C30H52O5. The van der Waals surface area contributed by atoms with Crippen molar-refractivity contribution in [3.63, 3.8) is 0 Å². The van der Waals surface area contributed by atoms with Crippen molar-refractivity contribution in [3.8, 4) is 0 Å². The molecule has 4 aliphatic carbocycles. The number of hydrogen-bond acceptors (Lipinski definition) is 5. The van der Waals surface area contributed by atoms with Crippen LogP contribution in [0.1, 0.15) is 100 Å². The first-order valence-corrected chi connectivity index (χ1v) is 14.0. The summed E-state index contributed by atoms with van der Waals surface area (Å²) in [6.07, 6.45) is 7.30. The summed E-state index contributed by atoms with van der Waals surface area (Å²) >= 11 is 0. The van der Waals surface area contributed by atoms with E-state index >= 15 is 0 Å². The summed E-state index contributed by atoms with van der Waals surface area (Å²) in [7, 11) is 0. The smallest absolute Gasteiger partial charge is 0.0771 e. The minimum absolute atomic E-state index is 0.00577. The van der Waals surface area contributed by atoms with Gasteiger partial charge in [0.05, 0.1) is 29.5 Å². The molecule has 0 heterocycles. The molecule has 0 aromatic heterocycles. The van der Waals surface area contributed by atoms with E-state index in [9.17, 15) is 25.5 Å². The lowest BCUT2D eigenvalue weighted by Gasteiger charge is -2.71. The fourth-order valence-corrected chi connectivity index (χ4v) is 10.1. The molecule has 0 unspecified atom stereocenters. The molecule has 5 heteroatoms. The predicted molar refractivity (Wildman–Crippen MR) is 138 cm³/mol. The molecule has 11 atom stereocenters. The fraction of sp³-hybridized carbons (Fsp3) is 0.933. The lowest BCUT2D eigenvalue weighted by Crippen LogP contribution is -2.69. The lowest BCUT2D eigenvalue weighted by atomic mass is 9.34. The molecule has 0 bridgehead atoms. The molecule has 4 rings (SSSR count). The number of fused-ring (bicyclic) bond motifs is 5. The van der Waals surface area contributed by atoms with E-state index in [-0.39, 0.29) is 45.3 Å². The Morgan fingerprint density at radius 3 is 2.00 bits per heavy atom. The highest BCUT2D eigenvalue weighted by Crippen LogP contribution is 2.75. The van der Waals surface area contributed by atoms with Crippen molar-refractivity contribution in [2.45, 2.75) is 130 Å². The Balaban J connectivity index is 1.69. The van der Waals surface area contributed by atoms with Crippen LogP contribution in [0.2, 0.25) is 0 Å². The summed E-state index contributed by atoms with van der Waals surface area (Å²) in [5.41, 5.74) is -2.71. The molecular weight excluding hydrogens is 440 g/mol. The maximum atomic E-state index is 11.8. The van der Waals surface area contributed by atoms with Gasteiger partial charge in [0.1, 0.15) is 0 Å². The van der Waals surface area contributed by atoms with Crippen molar-refractivity contribution in [2.75, 3.05) is 0 Å². The first kappa shape index (κ1) is 27.6. The largest absolute Gasteiger partial charge is 0.393 e. The van der Waals surface area contributed by atoms with Gasteiger partial charge in [0.15, 0.2) is 0 Å². The number of aliphatic hydroxyl groups excluding tert-OH is 3. The molecule has 202 valence electrons. The predicted octanol–water partition coefficient (Wildman–Crippen LogP) is 4.44. The van der Waals surface area contributed by atoms with Crippen LogP contribution in [0.3, 0.4) is 0 Å². The second-order valence-electron chi connectivity index (χ2n) is 15.0. The van der Waals surface area contributed by atoms with E-state index in [0.717, 1.165) is 25.7 Å². The Kier molecular flexibility index (Phi) is 6.51. The van der Waals surface area contributed by atoms with Crippen LogP contribution in [0.15, 0.2) is 12.2 Å². The molecule has 5 nitrogen and oxygen atoms in total. The van der Waals surface area contributed by atoms with Crippen molar-refractivity contribution in [2.24, 2.45) is 45.3 Å². The van der Waals surface area contributed by atoms with Crippen LogP contribution in [0, 0.1) is 45.3 Å². The monoisotopic (exact) mass is 492 g/mol. The average Bonchev–Trinajstić information content (AvgIpc) is 3.08. The quantitative estimate of drug-likeness (QED) is 0.374. The molecule has 0 amide bonds. The minimum Gasteiger partial charge on any atom is -0.393 e. The van der Waals surface area contributed by atoms with Gasteiger partial charge in [-0.2, -0.15) is 0 Å². The van der Waals surface area contributed by atoms with Crippen LogP contribution < -0.4 is 0 Å². The minimum atomic E-state index is -0.966. The number of hydrogen-bond donors (Lipinski definition) is 5. The van der Waals surface area contributed by atoms with E-state index in [1.165, 1.54) is 0 Å². The first-order chi connectivity index (χ1) is 15.8. The van der Waals surface area contributed by atoms with E-state index in [1.807, 2.05) is 13.0 Å². The Bertz CT molecular complexity index is 842. The third-order valence-corrected chi connectivity index (χ3v) is 12.3. The molecule has 5 N–H and O–H groups in total. The Hall–Kier alpha value is -0.460. The highest BCUT2D eigenvalue weighted by molar-refractivity contribution is 5.21. The van der Waals surface area contributed by atoms with Gasteiger partial charge in [0, 0.05) is 11.8 Å². The molecule has 35 heavy (non-hydrogen) atoms. The molecule has 0 radical (unpaired) electrons. The van der Waals surface area contributed by atoms with Crippen LogP contribution >= 0.6 is 0 Å². The molecule has 0 aliphatic heterocycles. The van der Waals surface area contributed by atoms with E-state index in [4.69, 9.17) is 0 Å². The van der Waals surface area contributed by atoms with E-state index in [0.29, 0.717) is 19.3 Å². The average molecular weight is 493 g/mol. The summed E-state index contributed by atoms with van der Waals surface area (Å²) in [6, 6.07) is 0. The van der Waals surface area contributed by atoms with Gasteiger partial charge in [-0.25, -0.2) is 0 Å². The van der Waals surface area contributed by atoms with Gasteiger partial charge in [0.2, 0.25) is 0 Å². The van der Waals surface area contributed by atoms with Crippen LogP contribution in [0.25, 0.3) is 0 Å². The Morgan fingerprint density at radius 2 is 1.40 bits per heavy atom. The van der Waals surface area contributed by atoms with Gasteiger partial charge in [-0.05, 0) is 99.2 Å². The summed E-state index contributed by atoms with van der Waals surface area (Å²) in [6.45, 7) is 16.6. The maximum absolute atomic E-state index is 11.8. The van der Waals surface area contributed by atoms with Crippen molar-refractivity contribution < 1.29 is 25.5 Å². The topological polar surface area (TPSA) is 101 Å². The third kappa shape index (κ3) is 3.90. The van der Waals surface area contributed by atoms with E-state index in [2.05, 4.69) is 34.6 Å². The fourth-order valence-electron chi connectivity index (χ4n) is 10.1. The van der Waals surface area contributed by atoms with Gasteiger partial charge >= 0.3 is 0 Å². The SMILES string of the molecule is CC(C)(O)/C=C/C[C@](C)(O)[C@H]1CC[C@]2(C)[C@@H]1[C@H](O)C[C@@H]1[C@@]3(C)[C@H](O)C[C@@H](O)C(C)(C)[C@@H]3CC[C@]12C. The van der Waals surface area contributed by atoms with Crippen LogP contribution in [0.5, 0.6) is 0 Å². The van der Waals surface area contributed by atoms with E-state index < -0.39 is 29.5 Å². The molecule has 0 saturated heterocycles. The summed E-state index contributed by atoms with van der Waals surface area (Å²) in [4.78, 5) is 0. The van der Waals surface area contributed by atoms with Gasteiger partial charge < -0.3 is 25.5 Å². The van der Waals surface area contributed by atoms with Crippen molar-refractivity contribution >= 4 is 0 Å². The standard InChI is InChI=1S/C30H52O5/c1-25(2,34)12-9-13-29(7,35)18-10-14-28(6)24(18)19(31)16-21-27(28,5)15-11-20-26(3,4)22(32)17-23(33)30(20,21)8/h9,12,18-24,31-35H,10-11,13-17H2,1-8H3/b12-9+/t18-,19+,20-,21-,22+,23+,24-,27+,28+,29-,30-/m0/s1. The second-order valence-corrected chi connectivity index (χ2v) is 15.0. The Morgan fingerprint density at radius 1 is 0.800 bits per heavy atom. The molecule has 0 aromatic rings. The van der Waals surface area contributed by atoms with Crippen molar-refractivity contribution in [1.82, 2.24) is 0 Å². The second kappa shape index (κ2) is 8.27. The molecule has 0 aromatic carbocycles. The van der Waals surface area contributed by atoms with Crippen LogP contribution in [0.4, 0.5) is 0 Å². The first-order valence-electron chi connectivity index (χ1n) is 14.0. The molecule has 4 saturated carbocycles. The number of aliphatic hydroxyl groups is 5. The summed E-state index contributed by atoms with van der Waals surface area (Å²) in [5.74, 6) is 0.331. The maximum Gasteiger partial charge on any atom is 0.0771 e. The van der Waals surface area contributed by atoms with Gasteiger partial charge in [-0.15, -0.1) is 0 Å². The van der Waals surface area contributed by atoms with Gasteiger partial charge in [-0.1, -0.05) is 46.8 Å². The lowest BCUT2D eigenvalue weighted by molar-refractivity contribution is -0.274. The summed E-state index contributed by atoms with van der Waals surface area (Å²) in [5, 5.41) is 55.8. The third-order valence-electron chi connectivity index (χ3n) is 12.3. The number of rotatable bonds is 4. The van der Waals surface area contributed by atoms with Crippen molar-refractivity contribution in [1.29, 1.82) is 0 Å². The van der Waals surface area contributed by atoms with Gasteiger partial charge in [-0.3, -0.25) is 0 Å². The van der Waals surface area contributed by atoms with Crippen LogP contribution in [-0.2, 0) is 0 Å².